The molecule has 22 heavy (non-hydrogen) atoms. The molecule has 118 valence electrons. The molecule has 0 radical (unpaired) electrons. The third-order valence-corrected chi connectivity index (χ3v) is 4.42. The molecule has 0 unspecified atom stereocenters. The smallest absolute Gasteiger partial charge is 0.0790 e. The zero-order chi connectivity index (χ0) is 15.9. The lowest BCUT2D eigenvalue weighted by Crippen LogP contribution is -1.97. The lowest BCUT2D eigenvalue weighted by atomic mass is 9.99. The van der Waals surface area contributed by atoms with E-state index in [0.29, 0.717) is 10.0 Å². The van der Waals surface area contributed by atoms with Crippen molar-refractivity contribution >= 4 is 23.2 Å². The molecule has 0 aliphatic heterocycles. The van der Waals surface area contributed by atoms with E-state index in [0.717, 1.165) is 29.5 Å². The van der Waals surface area contributed by atoms with Gasteiger partial charge < -0.3 is 5.11 Å². The first-order valence-corrected chi connectivity index (χ1v) is 8.61. The predicted molar refractivity (Wildman–Crippen MR) is 95.6 cm³/mol. The van der Waals surface area contributed by atoms with Crippen LogP contribution in [0.25, 0.3) is 11.1 Å². The van der Waals surface area contributed by atoms with Crippen LogP contribution in [0.5, 0.6) is 0 Å². The van der Waals surface area contributed by atoms with Gasteiger partial charge in [0.1, 0.15) is 0 Å². The van der Waals surface area contributed by atoms with Crippen LogP contribution in [0.4, 0.5) is 0 Å². The molecule has 0 bridgehead atoms. The summed E-state index contributed by atoms with van der Waals surface area (Å²) in [7, 11) is 0. The molecule has 0 fully saturated rings. The van der Waals surface area contributed by atoms with Crippen LogP contribution in [0.2, 0.25) is 10.0 Å². The van der Waals surface area contributed by atoms with Gasteiger partial charge in [-0.2, -0.15) is 0 Å². The maximum atomic E-state index is 10.2. The third kappa shape index (κ3) is 4.74. The molecule has 1 atom stereocenters. The average Bonchev–Trinajstić information content (AvgIpc) is 2.52. The van der Waals surface area contributed by atoms with Crippen molar-refractivity contribution in [2.75, 3.05) is 0 Å². The second kappa shape index (κ2) is 8.57. The maximum Gasteiger partial charge on any atom is 0.0790 e. The van der Waals surface area contributed by atoms with Crippen LogP contribution in [0.15, 0.2) is 42.5 Å². The maximum absolute atomic E-state index is 10.2. The SMILES string of the molecule is CCCCCC[C@H](O)c1ccc(-c2ccc(Cl)cc2Cl)cc1. The van der Waals surface area contributed by atoms with E-state index in [2.05, 4.69) is 6.92 Å². The van der Waals surface area contributed by atoms with Gasteiger partial charge in [0.05, 0.1) is 6.10 Å². The van der Waals surface area contributed by atoms with Crippen molar-refractivity contribution in [1.29, 1.82) is 0 Å². The Hall–Kier alpha value is -1.02. The molecule has 0 aliphatic carbocycles. The summed E-state index contributed by atoms with van der Waals surface area (Å²) >= 11 is 12.2. The van der Waals surface area contributed by atoms with Crippen LogP contribution in [-0.4, -0.2) is 5.11 Å². The lowest BCUT2D eigenvalue weighted by molar-refractivity contribution is 0.163. The Bertz CT molecular complexity index is 593. The number of unbranched alkanes of at least 4 members (excludes halogenated alkanes) is 3. The van der Waals surface area contributed by atoms with Gasteiger partial charge in [0.2, 0.25) is 0 Å². The first-order chi connectivity index (χ1) is 10.6. The molecule has 2 aromatic rings. The van der Waals surface area contributed by atoms with Crippen molar-refractivity contribution in [3.8, 4) is 11.1 Å². The second-order valence-electron chi connectivity index (χ2n) is 5.61. The fourth-order valence-electron chi connectivity index (χ4n) is 2.54. The van der Waals surface area contributed by atoms with Gasteiger partial charge in [-0.3, -0.25) is 0 Å². The van der Waals surface area contributed by atoms with Crippen molar-refractivity contribution in [3.05, 3.63) is 58.1 Å². The van der Waals surface area contributed by atoms with E-state index >= 15 is 0 Å². The molecule has 0 amide bonds. The fraction of sp³-hybridized carbons (Fsp3) is 0.368. The molecule has 1 N–H and O–H groups in total. The molecule has 3 heteroatoms. The molecular formula is C19H22Cl2O. The Morgan fingerprint density at radius 1 is 0.955 bits per heavy atom. The van der Waals surface area contributed by atoms with E-state index in [1.165, 1.54) is 19.3 Å². The molecule has 0 spiro atoms. The van der Waals surface area contributed by atoms with Gasteiger partial charge in [-0.05, 0) is 29.7 Å². The van der Waals surface area contributed by atoms with Crippen molar-refractivity contribution in [2.24, 2.45) is 0 Å². The molecule has 2 aromatic carbocycles. The molecule has 2 rings (SSSR count). The average molecular weight is 337 g/mol. The molecule has 0 heterocycles. The number of aliphatic hydroxyl groups is 1. The van der Waals surface area contributed by atoms with Crippen LogP contribution in [-0.2, 0) is 0 Å². The predicted octanol–water partition coefficient (Wildman–Crippen LogP) is 6.66. The van der Waals surface area contributed by atoms with Crippen LogP contribution in [0, 0.1) is 0 Å². The molecular weight excluding hydrogens is 315 g/mol. The van der Waals surface area contributed by atoms with E-state index in [4.69, 9.17) is 23.2 Å². The normalized spacial score (nSPS) is 12.4. The van der Waals surface area contributed by atoms with Crippen molar-refractivity contribution in [2.45, 2.75) is 45.1 Å². The van der Waals surface area contributed by atoms with Gasteiger partial charge in [-0.15, -0.1) is 0 Å². The van der Waals surface area contributed by atoms with Crippen LogP contribution in [0.3, 0.4) is 0 Å². The van der Waals surface area contributed by atoms with E-state index in [9.17, 15) is 5.11 Å². The van der Waals surface area contributed by atoms with Gasteiger partial charge in [0.25, 0.3) is 0 Å². The monoisotopic (exact) mass is 336 g/mol. The van der Waals surface area contributed by atoms with Crippen molar-refractivity contribution in [1.82, 2.24) is 0 Å². The minimum absolute atomic E-state index is 0.383. The minimum Gasteiger partial charge on any atom is -0.388 e. The number of hydrogen-bond donors (Lipinski definition) is 1. The molecule has 0 saturated heterocycles. The highest BCUT2D eigenvalue weighted by atomic mass is 35.5. The van der Waals surface area contributed by atoms with Gasteiger partial charge in [-0.25, -0.2) is 0 Å². The summed E-state index contributed by atoms with van der Waals surface area (Å²) in [6, 6.07) is 13.4. The zero-order valence-corrected chi connectivity index (χ0v) is 14.4. The largest absolute Gasteiger partial charge is 0.388 e. The summed E-state index contributed by atoms with van der Waals surface area (Å²) in [6.45, 7) is 2.19. The van der Waals surface area contributed by atoms with E-state index in [1.807, 2.05) is 36.4 Å². The zero-order valence-electron chi connectivity index (χ0n) is 12.9. The van der Waals surface area contributed by atoms with Gasteiger partial charge >= 0.3 is 0 Å². The molecule has 0 saturated carbocycles. The van der Waals surface area contributed by atoms with Gasteiger partial charge in [0.15, 0.2) is 0 Å². The highest BCUT2D eigenvalue weighted by molar-refractivity contribution is 6.36. The number of aliphatic hydroxyl groups excluding tert-OH is 1. The summed E-state index contributed by atoms with van der Waals surface area (Å²) < 4.78 is 0. The second-order valence-corrected chi connectivity index (χ2v) is 6.45. The highest BCUT2D eigenvalue weighted by Gasteiger charge is 2.09. The Morgan fingerprint density at radius 2 is 1.68 bits per heavy atom. The first-order valence-electron chi connectivity index (χ1n) is 7.85. The summed E-state index contributed by atoms with van der Waals surface area (Å²) in [5, 5.41) is 11.5. The summed E-state index contributed by atoms with van der Waals surface area (Å²) in [5.41, 5.74) is 2.95. The molecule has 0 aromatic heterocycles. The van der Waals surface area contributed by atoms with Gasteiger partial charge in [-0.1, -0.05) is 86.1 Å². The van der Waals surface area contributed by atoms with E-state index < -0.39 is 0 Å². The lowest BCUT2D eigenvalue weighted by Gasteiger charge is -2.12. The third-order valence-electron chi connectivity index (χ3n) is 3.87. The van der Waals surface area contributed by atoms with Gasteiger partial charge in [0, 0.05) is 15.6 Å². The Labute approximate surface area is 142 Å². The fourth-order valence-corrected chi connectivity index (χ4v) is 3.06. The topological polar surface area (TPSA) is 20.2 Å². The van der Waals surface area contributed by atoms with Crippen LogP contribution < -0.4 is 0 Å². The molecule has 1 nitrogen and oxygen atoms in total. The Balaban J connectivity index is 2.03. The summed E-state index contributed by atoms with van der Waals surface area (Å²) in [5.74, 6) is 0. The summed E-state index contributed by atoms with van der Waals surface area (Å²) in [6.07, 6.45) is 5.15. The standard InChI is InChI=1S/C19H22Cl2O/c1-2-3-4-5-6-19(22)15-9-7-14(8-10-15)17-12-11-16(20)13-18(17)21/h7-13,19,22H,2-6H2,1H3/t19-/m0/s1. The van der Waals surface area contributed by atoms with Crippen LogP contribution >= 0.6 is 23.2 Å². The minimum atomic E-state index is -0.383. The number of benzene rings is 2. The highest BCUT2D eigenvalue weighted by Crippen LogP contribution is 2.31. The number of hydrogen-bond acceptors (Lipinski definition) is 1. The van der Waals surface area contributed by atoms with Crippen molar-refractivity contribution < 1.29 is 5.11 Å². The Kier molecular flexibility index (Phi) is 6.75. The number of halogens is 2. The quantitative estimate of drug-likeness (QED) is 0.560. The van der Waals surface area contributed by atoms with Crippen molar-refractivity contribution in [3.63, 3.8) is 0 Å². The Morgan fingerprint density at radius 3 is 2.32 bits per heavy atom. The summed E-state index contributed by atoms with van der Waals surface area (Å²) in [4.78, 5) is 0. The van der Waals surface area contributed by atoms with E-state index in [1.54, 1.807) is 6.07 Å². The first kappa shape index (κ1) is 17.3. The number of rotatable bonds is 7. The van der Waals surface area contributed by atoms with E-state index in [-0.39, 0.29) is 6.10 Å². The van der Waals surface area contributed by atoms with Crippen LogP contribution in [0.1, 0.15) is 50.7 Å². The molecule has 0 aliphatic rings.